The highest BCUT2D eigenvalue weighted by Crippen LogP contribution is 2.30. The van der Waals surface area contributed by atoms with Gasteiger partial charge in [0.15, 0.2) is 0 Å². The van der Waals surface area contributed by atoms with Gasteiger partial charge in [-0.2, -0.15) is 0 Å². The summed E-state index contributed by atoms with van der Waals surface area (Å²) in [6.45, 7) is 12.1. The average molecular weight is 252 g/mol. The monoisotopic (exact) mass is 252 g/mol. The Morgan fingerprint density at radius 3 is 2.61 bits per heavy atom. The molecule has 0 aromatic carbocycles. The molecule has 106 valence electrons. The summed E-state index contributed by atoms with van der Waals surface area (Å²) in [6.07, 6.45) is 8.59. The second kappa shape index (κ2) is 6.38. The van der Waals surface area contributed by atoms with E-state index in [1.807, 2.05) is 0 Å². The quantitative estimate of drug-likeness (QED) is 0.826. The Kier molecular flexibility index (Phi) is 5.08. The Balaban J connectivity index is 1.70. The third-order valence-electron chi connectivity index (χ3n) is 5.32. The van der Waals surface area contributed by atoms with Gasteiger partial charge < -0.3 is 10.2 Å². The maximum Gasteiger partial charge on any atom is 0.0278 e. The van der Waals surface area contributed by atoms with E-state index in [1.165, 1.54) is 64.7 Å². The molecule has 1 saturated carbocycles. The van der Waals surface area contributed by atoms with E-state index < -0.39 is 0 Å². The second-order valence-electron chi connectivity index (χ2n) is 7.03. The fourth-order valence-electron chi connectivity index (χ4n) is 3.55. The van der Waals surface area contributed by atoms with Crippen LogP contribution in [0.15, 0.2) is 0 Å². The van der Waals surface area contributed by atoms with E-state index in [9.17, 15) is 0 Å². The molecule has 2 nitrogen and oxygen atoms in total. The molecule has 2 rings (SSSR count). The van der Waals surface area contributed by atoms with Crippen molar-refractivity contribution in [3.05, 3.63) is 0 Å². The maximum atomic E-state index is 3.68. The predicted molar refractivity (Wildman–Crippen MR) is 78.9 cm³/mol. The van der Waals surface area contributed by atoms with Gasteiger partial charge in [-0.25, -0.2) is 0 Å². The molecule has 1 unspecified atom stereocenters. The van der Waals surface area contributed by atoms with Gasteiger partial charge in [-0.05, 0) is 38.1 Å². The minimum atomic E-state index is 0.360. The van der Waals surface area contributed by atoms with Crippen LogP contribution in [0.2, 0.25) is 0 Å². The zero-order chi connectivity index (χ0) is 13.0. The molecule has 1 heterocycles. The van der Waals surface area contributed by atoms with Crippen LogP contribution in [0.5, 0.6) is 0 Å². The number of rotatable bonds is 4. The topological polar surface area (TPSA) is 15.3 Å². The molecule has 0 aromatic heterocycles. The van der Waals surface area contributed by atoms with Crippen molar-refractivity contribution in [2.75, 3.05) is 26.2 Å². The standard InChI is InChI=1S/C16H32N2/c1-4-16(3)13-18(12-10-17-16)11-9-15-7-5-14(2)6-8-15/h14-15,17H,4-13H2,1-3H3. The summed E-state index contributed by atoms with van der Waals surface area (Å²) in [7, 11) is 0. The predicted octanol–water partition coefficient (Wildman–Crippen LogP) is 3.28. The van der Waals surface area contributed by atoms with Crippen LogP contribution in [-0.2, 0) is 0 Å². The van der Waals surface area contributed by atoms with E-state index in [2.05, 4.69) is 31.0 Å². The first-order valence-corrected chi connectivity index (χ1v) is 8.09. The number of hydrogen-bond donors (Lipinski definition) is 1. The Morgan fingerprint density at radius 2 is 1.94 bits per heavy atom. The van der Waals surface area contributed by atoms with Gasteiger partial charge in [-0.15, -0.1) is 0 Å². The lowest BCUT2D eigenvalue weighted by Crippen LogP contribution is -2.58. The summed E-state index contributed by atoms with van der Waals surface area (Å²) in [5.41, 5.74) is 0.360. The van der Waals surface area contributed by atoms with E-state index in [0.717, 1.165) is 11.8 Å². The number of piperazine rings is 1. The van der Waals surface area contributed by atoms with E-state index in [1.54, 1.807) is 0 Å². The van der Waals surface area contributed by atoms with Crippen LogP contribution in [0.4, 0.5) is 0 Å². The second-order valence-corrected chi connectivity index (χ2v) is 7.03. The lowest BCUT2D eigenvalue weighted by atomic mass is 9.81. The van der Waals surface area contributed by atoms with E-state index in [4.69, 9.17) is 0 Å². The highest BCUT2D eigenvalue weighted by molar-refractivity contribution is 4.89. The summed E-state index contributed by atoms with van der Waals surface area (Å²) in [6, 6.07) is 0. The Morgan fingerprint density at radius 1 is 1.22 bits per heavy atom. The van der Waals surface area contributed by atoms with Crippen molar-refractivity contribution in [2.24, 2.45) is 11.8 Å². The molecule has 0 radical (unpaired) electrons. The first-order valence-electron chi connectivity index (χ1n) is 8.09. The van der Waals surface area contributed by atoms with Crippen LogP contribution in [-0.4, -0.2) is 36.6 Å². The summed E-state index contributed by atoms with van der Waals surface area (Å²) < 4.78 is 0. The first-order chi connectivity index (χ1) is 8.61. The number of nitrogens with one attached hydrogen (secondary N) is 1. The fourth-order valence-corrected chi connectivity index (χ4v) is 3.55. The lowest BCUT2D eigenvalue weighted by molar-refractivity contribution is 0.127. The van der Waals surface area contributed by atoms with Gasteiger partial charge >= 0.3 is 0 Å². The highest BCUT2D eigenvalue weighted by atomic mass is 15.2. The van der Waals surface area contributed by atoms with Crippen molar-refractivity contribution >= 4 is 0 Å². The maximum absolute atomic E-state index is 3.68. The van der Waals surface area contributed by atoms with Crippen molar-refractivity contribution in [1.82, 2.24) is 10.2 Å². The fraction of sp³-hybridized carbons (Fsp3) is 1.00. The molecule has 1 N–H and O–H groups in total. The van der Waals surface area contributed by atoms with Gasteiger partial charge in [0.05, 0.1) is 0 Å². The number of nitrogens with zero attached hydrogens (tertiary/aromatic N) is 1. The van der Waals surface area contributed by atoms with Crippen molar-refractivity contribution in [3.63, 3.8) is 0 Å². The summed E-state index contributed by atoms with van der Waals surface area (Å²) in [5, 5.41) is 3.68. The minimum absolute atomic E-state index is 0.360. The van der Waals surface area contributed by atoms with E-state index in [0.29, 0.717) is 5.54 Å². The van der Waals surface area contributed by atoms with Gasteiger partial charge in [0, 0.05) is 25.2 Å². The first kappa shape index (κ1) is 14.3. The molecule has 1 atom stereocenters. The van der Waals surface area contributed by atoms with Gasteiger partial charge in [0.1, 0.15) is 0 Å². The van der Waals surface area contributed by atoms with Gasteiger partial charge in [0.25, 0.3) is 0 Å². The Bertz CT molecular complexity index is 245. The molecule has 1 aliphatic carbocycles. The molecule has 18 heavy (non-hydrogen) atoms. The Labute approximate surface area is 114 Å². The van der Waals surface area contributed by atoms with Crippen molar-refractivity contribution < 1.29 is 0 Å². The van der Waals surface area contributed by atoms with Gasteiger partial charge in [0.2, 0.25) is 0 Å². The van der Waals surface area contributed by atoms with Crippen LogP contribution in [0, 0.1) is 11.8 Å². The molecule has 1 aliphatic heterocycles. The van der Waals surface area contributed by atoms with Gasteiger partial charge in [-0.1, -0.05) is 39.5 Å². The summed E-state index contributed by atoms with van der Waals surface area (Å²) in [4.78, 5) is 2.69. The average Bonchev–Trinajstić information content (AvgIpc) is 2.38. The third-order valence-corrected chi connectivity index (χ3v) is 5.32. The lowest BCUT2D eigenvalue weighted by Gasteiger charge is -2.41. The van der Waals surface area contributed by atoms with Gasteiger partial charge in [-0.3, -0.25) is 0 Å². The van der Waals surface area contributed by atoms with Crippen molar-refractivity contribution in [1.29, 1.82) is 0 Å². The summed E-state index contributed by atoms with van der Waals surface area (Å²) in [5.74, 6) is 2.01. The molecule has 1 saturated heterocycles. The number of hydrogen-bond acceptors (Lipinski definition) is 2. The highest BCUT2D eigenvalue weighted by Gasteiger charge is 2.29. The SMILES string of the molecule is CCC1(C)CN(CCC2CCC(C)CC2)CCN1. The Hall–Kier alpha value is -0.0800. The van der Waals surface area contributed by atoms with E-state index >= 15 is 0 Å². The summed E-state index contributed by atoms with van der Waals surface area (Å²) >= 11 is 0. The zero-order valence-corrected chi connectivity index (χ0v) is 12.7. The third kappa shape index (κ3) is 3.96. The zero-order valence-electron chi connectivity index (χ0n) is 12.7. The molecule has 2 heteroatoms. The minimum Gasteiger partial charge on any atom is -0.309 e. The van der Waals surface area contributed by atoms with Crippen LogP contribution in [0.1, 0.15) is 59.3 Å². The van der Waals surface area contributed by atoms with Crippen molar-refractivity contribution in [2.45, 2.75) is 64.8 Å². The smallest absolute Gasteiger partial charge is 0.0278 e. The molecule has 0 spiro atoms. The molecule has 2 fully saturated rings. The molecule has 0 amide bonds. The molecule has 0 aromatic rings. The molecular formula is C16H32N2. The molecule has 2 aliphatic rings. The van der Waals surface area contributed by atoms with Crippen molar-refractivity contribution in [3.8, 4) is 0 Å². The van der Waals surface area contributed by atoms with Crippen LogP contribution in [0.25, 0.3) is 0 Å². The van der Waals surface area contributed by atoms with E-state index in [-0.39, 0.29) is 0 Å². The van der Waals surface area contributed by atoms with Crippen LogP contribution >= 0.6 is 0 Å². The largest absolute Gasteiger partial charge is 0.309 e. The molecular weight excluding hydrogens is 220 g/mol. The van der Waals surface area contributed by atoms with Crippen LogP contribution < -0.4 is 5.32 Å². The van der Waals surface area contributed by atoms with Crippen LogP contribution in [0.3, 0.4) is 0 Å². The normalized spacial score (nSPS) is 38.8. The molecule has 0 bridgehead atoms.